The van der Waals surface area contributed by atoms with E-state index in [0.29, 0.717) is 0 Å². The Morgan fingerprint density at radius 2 is 2.07 bits per heavy atom. The molecule has 15 heavy (non-hydrogen) atoms. The molecule has 1 amide bonds. The van der Waals surface area contributed by atoms with Crippen molar-refractivity contribution in [1.29, 1.82) is 0 Å². The minimum Gasteiger partial charge on any atom is -0.479 e. The van der Waals surface area contributed by atoms with Crippen molar-refractivity contribution in [3.8, 4) is 0 Å². The van der Waals surface area contributed by atoms with Gasteiger partial charge >= 0.3 is 11.9 Å². The highest BCUT2D eigenvalue weighted by molar-refractivity contribution is 8.02. The Bertz CT molecular complexity index is 376. The van der Waals surface area contributed by atoms with E-state index in [-0.39, 0.29) is 11.8 Å². The molecule has 0 aromatic carbocycles. The van der Waals surface area contributed by atoms with Gasteiger partial charge in [-0.05, 0) is 11.5 Å². The molecule has 2 rings (SSSR count). The molecule has 0 bridgehead atoms. The molecule has 2 aliphatic heterocycles. The number of hydrogen-bond acceptors (Lipinski definition) is 4. The molecule has 0 aromatic heterocycles. The standard InChI is InChI=1S/C8H7NO5S/c10-4-3-5-9(4)8(6(11)12,7(13)14)1-2-15-5/h1-2,5H,3H2,(H,11,12)(H,13,14)/t5-/m1/s1. The lowest BCUT2D eigenvalue weighted by atomic mass is 9.92. The van der Waals surface area contributed by atoms with Crippen molar-refractivity contribution in [3.63, 3.8) is 0 Å². The average molecular weight is 229 g/mol. The van der Waals surface area contributed by atoms with Crippen LogP contribution < -0.4 is 0 Å². The monoisotopic (exact) mass is 229 g/mol. The highest BCUT2D eigenvalue weighted by Gasteiger charge is 2.60. The first kappa shape index (κ1) is 10.0. The first-order valence-electron chi connectivity index (χ1n) is 4.12. The molecule has 7 heteroatoms. The second kappa shape index (κ2) is 2.99. The Hall–Kier alpha value is -1.50. The van der Waals surface area contributed by atoms with E-state index in [2.05, 4.69) is 0 Å². The summed E-state index contributed by atoms with van der Waals surface area (Å²) in [6.07, 6.45) is 1.23. The van der Waals surface area contributed by atoms with E-state index in [0.717, 1.165) is 11.0 Å². The number of carboxylic acid groups (broad SMARTS) is 2. The molecule has 0 unspecified atom stereocenters. The molecule has 2 N–H and O–H groups in total. The van der Waals surface area contributed by atoms with Crippen LogP contribution in [0, 0.1) is 0 Å². The molecule has 0 spiro atoms. The lowest BCUT2D eigenvalue weighted by Gasteiger charge is -2.48. The minimum atomic E-state index is -2.22. The fraction of sp³-hybridized carbons (Fsp3) is 0.375. The molecular formula is C8H7NO5S. The molecule has 80 valence electrons. The summed E-state index contributed by atoms with van der Waals surface area (Å²) in [5.74, 6) is -3.52. The summed E-state index contributed by atoms with van der Waals surface area (Å²) in [7, 11) is 0. The first-order chi connectivity index (χ1) is 7.00. The minimum absolute atomic E-state index is 0.192. The van der Waals surface area contributed by atoms with Gasteiger partial charge in [-0.15, -0.1) is 11.8 Å². The van der Waals surface area contributed by atoms with Crippen molar-refractivity contribution in [2.75, 3.05) is 0 Å². The van der Waals surface area contributed by atoms with Gasteiger partial charge in [0, 0.05) is 0 Å². The zero-order valence-electron chi connectivity index (χ0n) is 7.41. The largest absolute Gasteiger partial charge is 0.479 e. The highest BCUT2D eigenvalue weighted by Crippen LogP contribution is 2.41. The molecular weight excluding hydrogens is 222 g/mol. The van der Waals surface area contributed by atoms with Crippen molar-refractivity contribution in [2.24, 2.45) is 0 Å². The molecule has 1 saturated heterocycles. The zero-order chi connectivity index (χ0) is 11.2. The van der Waals surface area contributed by atoms with E-state index >= 15 is 0 Å². The van der Waals surface area contributed by atoms with Crippen LogP contribution in [0.25, 0.3) is 0 Å². The van der Waals surface area contributed by atoms with E-state index < -0.39 is 23.4 Å². The highest BCUT2D eigenvalue weighted by atomic mass is 32.2. The number of carbonyl (C=O) groups is 3. The van der Waals surface area contributed by atoms with Crippen LogP contribution in [0.2, 0.25) is 0 Å². The van der Waals surface area contributed by atoms with Crippen LogP contribution in [0.15, 0.2) is 11.5 Å². The molecule has 0 aliphatic carbocycles. The fourth-order valence-corrected chi connectivity index (χ4v) is 2.77. The van der Waals surface area contributed by atoms with E-state index in [1.165, 1.54) is 17.2 Å². The number of rotatable bonds is 2. The molecule has 2 heterocycles. The molecule has 6 nitrogen and oxygen atoms in total. The molecule has 1 fully saturated rings. The fourth-order valence-electron chi connectivity index (χ4n) is 1.67. The van der Waals surface area contributed by atoms with Crippen LogP contribution in [0.3, 0.4) is 0 Å². The summed E-state index contributed by atoms with van der Waals surface area (Å²) in [6, 6.07) is 0. The second-order valence-corrected chi connectivity index (χ2v) is 4.33. The van der Waals surface area contributed by atoms with Crippen LogP contribution in [-0.4, -0.2) is 43.9 Å². The molecule has 0 radical (unpaired) electrons. The van der Waals surface area contributed by atoms with Crippen LogP contribution in [-0.2, 0) is 14.4 Å². The van der Waals surface area contributed by atoms with Crippen molar-refractivity contribution in [3.05, 3.63) is 11.5 Å². The van der Waals surface area contributed by atoms with Gasteiger partial charge in [-0.3, -0.25) is 4.79 Å². The molecule has 0 saturated carbocycles. The zero-order valence-corrected chi connectivity index (χ0v) is 8.23. The number of amides is 1. The van der Waals surface area contributed by atoms with Gasteiger partial charge in [-0.2, -0.15) is 0 Å². The maximum Gasteiger partial charge on any atom is 0.345 e. The third-order valence-corrected chi connectivity index (χ3v) is 3.47. The first-order valence-corrected chi connectivity index (χ1v) is 5.06. The predicted octanol–water partition coefficient (Wildman–Crippen LogP) is -0.287. The van der Waals surface area contributed by atoms with Gasteiger partial charge in [0.25, 0.3) is 5.54 Å². The summed E-state index contributed by atoms with van der Waals surface area (Å²) in [5, 5.41) is 19.0. The Labute approximate surface area is 88.5 Å². The summed E-state index contributed by atoms with van der Waals surface area (Å²) in [5.41, 5.74) is -2.22. The van der Waals surface area contributed by atoms with Gasteiger partial charge in [0.05, 0.1) is 11.8 Å². The molecule has 2 aliphatic rings. The Balaban J connectivity index is 2.50. The van der Waals surface area contributed by atoms with Crippen LogP contribution in [0.4, 0.5) is 0 Å². The number of carbonyl (C=O) groups excluding carboxylic acids is 1. The Morgan fingerprint density at radius 1 is 1.47 bits per heavy atom. The van der Waals surface area contributed by atoms with Crippen molar-refractivity contribution >= 4 is 29.6 Å². The van der Waals surface area contributed by atoms with Crippen LogP contribution >= 0.6 is 11.8 Å². The van der Waals surface area contributed by atoms with Crippen molar-refractivity contribution < 1.29 is 24.6 Å². The number of fused-ring (bicyclic) bond motifs is 1. The number of aliphatic carboxylic acids is 2. The Morgan fingerprint density at radius 3 is 2.47 bits per heavy atom. The van der Waals surface area contributed by atoms with Gasteiger partial charge < -0.3 is 15.1 Å². The van der Waals surface area contributed by atoms with Crippen LogP contribution in [0.1, 0.15) is 6.42 Å². The quantitative estimate of drug-likeness (QED) is 0.499. The number of hydrogen-bond donors (Lipinski definition) is 2. The molecule has 0 aromatic rings. The van der Waals surface area contributed by atoms with Crippen molar-refractivity contribution in [1.82, 2.24) is 4.90 Å². The third kappa shape index (κ3) is 1.09. The van der Waals surface area contributed by atoms with Crippen LogP contribution in [0.5, 0.6) is 0 Å². The van der Waals surface area contributed by atoms with Gasteiger partial charge in [-0.1, -0.05) is 0 Å². The van der Waals surface area contributed by atoms with E-state index in [1.54, 1.807) is 0 Å². The maximum atomic E-state index is 11.2. The maximum absolute atomic E-state index is 11.2. The predicted molar refractivity (Wildman–Crippen MR) is 50.0 cm³/mol. The summed E-state index contributed by atoms with van der Waals surface area (Å²) < 4.78 is 0. The SMILES string of the molecule is O=C1C[C@H]2SC=CC(C(=O)O)(C(=O)O)N12. The van der Waals surface area contributed by atoms with Gasteiger partial charge in [-0.25, -0.2) is 9.59 Å². The summed E-state index contributed by atoms with van der Waals surface area (Å²) in [6.45, 7) is 0. The third-order valence-electron chi connectivity index (χ3n) is 2.48. The van der Waals surface area contributed by atoms with Crippen molar-refractivity contribution in [2.45, 2.75) is 17.3 Å². The van der Waals surface area contributed by atoms with E-state index in [9.17, 15) is 14.4 Å². The summed E-state index contributed by atoms with van der Waals surface area (Å²) in [4.78, 5) is 34.2. The Kier molecular flexibility index (Phi) is 2.00. The number of thioether (sulfide) groups is 1. The van der Waals surface area contributed by atoms with Gasteiger partial charge in [0.2, 0.25) is 5.91 Å². The lowest BCUT2D eigenvalue weighted by Crippen LogP contribution is -2.70. The van der Waals surface area contributed by atoms with Gasteiger partial charge in [0.1, 0.15) is 0 Å². The number of β-lactam (4-membered cyclic amide) rings is 1. The number of carboxylic acids is 2. The van der Waals surface area contributed by atoms with Gasteiger partial charge in [0.15, 0.2) is 0 Å². The van der Waals surface area contributed by atoms with E-state index in [4.69, 9.17) is 10.2 Å². The molecule has 1 atom stereocenters. The average Bonchev–Trinajstić information content (AvgIpc) is 2.14. The normalized spacial score (nSPS) is 26.8. The number of nitrogens with zero attached hydrogens (tertiary/aromatic N) is 1. The van der Waals surface area contributed by atoms with E-state index in [1.807, 2.05) is 0 Å². The summed E-state index contributed by atoms with van der Waals surface area (Å²) >= 11 is 1.25. The second-order valence-electron chi connectivity index (χ2n) is 3.24. The topological polar surface area (TPSA) is 94.9 Å². The smallest absolute Gasteiger partial charge is 0.345 e. The lowest BCUT2D eigenvalue weighted by molar-refractivity contribution is -0.175.